The van der Waals surface area contributed by atoms with Gasteiger partial charge in [0.2, 0.25) is 0 Å². The summed E-state index contributed by atoms with van der Waals surface area (Å²) in [5, 5.41) is 0. The molecule has 0 aromatic carbocycles. The summed E-state index contributed by atoms with van der Waals surface area (Å²) < 4.78 is 4.91. The van der Waals surface area contributed by atoms with E-state index >= 15 is 0 Å². The predicted octanol–water partition coefficient (Wildman–Crippen LogP) is 6.22. The van der Waals surface area contributed by atoms with Gasteiger partial charge in [-0.3, -0.25) is 4.79 Å². The molecule has 0 rings (SSSR count). The summed E-state index contributed by atoms with van der Waals surface area (Å²) in [4.78, 5) is 11.1. The van der Waals surface area contributed by atoms with Gasteiger partial charge in [-0.1, -0.05) is 57.4 Å². The molecule has 0 amide bonds. The van der Waals surface area contributed by atoms with Gasteiger partial charge in [-0.25, -0.2) is 0 Å². The largest absolute Gasteiger partial charge is 0.466 e. The Morgan fingerprint density at radius 3 is 2.23 bits per heavy atom. The lowest BCUT2D eigenvalue weighted by Crippen LogP contribution is -2.03. The smallest absolute Gasteiger partial charge is 0.305 e. The first-order chi connectivity index (χ1) is 10.7. The fourth-order valence-electron chi connectivity index (χ4n) is 2.23. The van der Waals surface area contributed by atoms with Crippen LogP contribution >= 0.6 is 0 Å². The molecule has 0 N–H and O–H groups in total. The van der Waals surface area contributed by atoms with Crippen molar-refractivity contribution in [3.63, 3.8) is 0 Å². The number of esters is 1. The molecule has 0 bridgehead atoms. The van der Waals surface area contributed by atoms with Crippen molar-refractivity contribution in [2.24, 2.45) is 5.92 Å². The summed E-state index contributed by atoms with van der Waals surface area (Å²) >= 11 is 0. The van der Waals surface area contributed by atoms with Crippen LogP contribution in [0.3, 0.4) is 0 Å². The predicted molar refractivity (Wildman–Crippen MR) is 95.9 cm³/mol. The van der Waals surface area contributed by atoms with Gasteiger partial charge in [0.15, 0.2) is 0 Å². The Labute approximate surface area is 138 Å². The molecule has 0 radical (unpaired) electrons. The molecule has 0 atom stereocenters. The lowest BCUT2D eigenvalue weighted by atomic mass is 10.1. The van der Waals surface area contributed by atoms with E-state index in [1.807, 2.05) is 6.92 Å². The number of rotatable bonds is 14. The third-order valence-electron chi connectivity index (χ3n) is 3.57. The first-order valence-corrected chi connectivity index (χ1v) is 9.12. The van der Waals surface area contributed by atoms with Gasteiger partial charge in [0, 0.05) is 6.42 Å². The SMILES string of the molecule is CCOC(=O)CCCCCCC/C=C/C/C=C/CCC(C)C. The van der Waals surface area contributed by atoms with Crippen molar-refractivity contribution in [3.8, 4) is 0 Å². The third kappa shape index (κ3) is 17.0. The average molecular weight is 309 g/mol. The van der Waals surface area contributed by atoms with E-state index in [1.54, 1.807) is 0 Å². The molecule has 0 spiro atoms. The van der Waals surface area contributed by atoms with E-state index in [0.717, 1.165) is 25.2 Å². The van der Waals surface area contributed by atoms with Crippen molar-refractivity contribution in [1.82, 2.24) is 0 Å². The molecule has 0 heterocycles. The van der Waals surface area contributed by atoms with Crippen molar-refractivity contribution < 1.29 is 9.53 Å². The highest BCUT2D eigenvalue weighted by Gasteiger charge is 2.00. The Balaban J connectivity index is 3.25. The summed E-state index contributed by atoms with van der Waals surface area (Å²) in [5.41, 5.74) is 0. The van der Waals surface area contributed by atoms with Crippen molar-refractivity contribution in [3.05, 3.63) is 24.3 Å². The lowest BCUT2D eigenvalue weighted by Gasteiger charge is -2.01. The van der Waals surface area contributed by atoms with Gasteiger partial charge in [-0.05, 0) is 51.4 Å². The van der Waals surface area contributed by atoms with E-state index in [9.17, 15) is 4.79 Å². The fraction of sp³-hybridized carbons (Fsp3) is 0.750. The standard InChI is InChI=1S/C20H36O2/c1-4-22-20(21)18-16-14-12-10-8-6-5-7-9-11-13-15-17-19(2)3/h5,7,11,13,19H,4,6,8-10,12,14-18H2,1-3H3/b7-5+,13-11+. The van der Waals surface area contributed by atoms with Crippen LogP contribution in [0.4, 0.5) is 0 Å². The van der Waals surface area contributed by atoms with Crippen LogP contribution in [0.5, 0.6) is 0 Å². The zero-order valence-corrected chi connectivity index (χ0v) is 15.0. The van der Waals surface area contributed by atoms with Crippen molar-refractivity contribution >= 4 is 5.97 Å². The Bertz CT molecular complexity index is 303. The minimum absolute atomic E-state index is 0.0492. The van der Waals surface area contributed by atoms with E-state index in [-0.39, 0.29) is 5.97 Å². The Morgan fingerprint density at radius 1 is 0.909 bits per heavy atom. The second-order valence-electron chi connectivity index (χ2n) is 6.26. The van der Waals surface area contributed by atoms with Gasteiger partial charge in [0.1, 0.15) is 0 Å². The van der Waals surface area contributed by atoms with E-state index in [4.69, 9.17) is 4.74 Å². The molecule has 2 heteroatoms. The van der Waals surface area contributed by atoms with E-state index < -0.39 is 0 Å². The normalized spacial score (nSPS) is 11.8. The monoisotopic (exact) mass is 308 g/mol. The molecule has 0 aromatic rings. The van der Waals surface area contributed by atoms with E-state index in [1.165, 1.54) is 38.5 Å². The molecule has 0 unspecified atom stereocenters. The summed E-state index contributed by atoms with van der Waals surface area (Å²) in [7, 11) is 0. The van der Waals surface area contributed by atoms with Crippen LogP contribution in [0.25, 0.3) is 0 Å². The molecular formula is C20H36O2. The van der Waals surface area contributed by atoms with Crippen LogP contribution in [-0.4, -0.2) is 12.6 Å². The zero-order valence-electron chi connectivity index (χ0n) is 15.0. The molecule has 0 aliphatic rings. The molecule has 0 saturated carbocycles. The Morgan fingerprint density at radius 2 is 1.55 bits per heavy atom. The zero-order chi connectivity index (χ0) is 16.5. The minimum atomic E-state index is -0.0492. The minimum Gasteiger partial charge on any atom is -0.466 e. The molecule has 2 nitrogen and oxygen atoms in total. The van der Waals surface area contributed by atoms with Crippen LogP contribution in [0.1, 0.15) is 85.0 Å². The molecular weight excluding hydrogens is 272 g/mol. The van der Waals surface area contributed by atoms with Crippen LogP contribution in [0, 0.1) is 5.92 Å². The highest BCUT2D eigenvalue weighted by molar-refractivity contribution is 5.69. The van der Waals surface area contributed by atoms with Gasteiger partial charge >= 0.3 is 5.97 Å². The number of carbonyl (C=O) groups excluding carboxylic acids is 1. The van der Waals surface area contributed by atoms with Crippen molar-refractivity contribution in [2.45, 2.75) is 85.0 Å². The maximum Gasteiger partial charge on any atom is 0.305 e. The highest BCUT2D eigenvalue weighted by atomic mass is 16.5. The average Bonchev–Trinajstić information content (AvgIpc) is 2.47. The summed E-state index contributed by atoms with van der Waals surface area (Å²) in [6, 6.07) is 0. The molecule has 0 fully saturated rings. The number of unbranched alkanes of at least 4 members (excludes halogenated alkanes) is 5. The van der Waals surface area contributed by atoms with E-state index in [0.29, 0.717) is 13.0 Å². The van der Waals surface area contributed by atoms with Crippen LogP contribution in [0.15, 0.2) is 24.3 Å². The van der Waals surface area contributed by atoms with Crippen LogP contribution in [-0.2, 0) is 9.53 Å². The number of ether oxygens (including phenoxy) is 1. The van der Waals surface area contributed by atoms with Gasteiger partial charge in [0.25, 0.3) is 0 Å². The Hall–Kier alpha value is -1.05. The maximum atomic E-state index is 11.1. The van der Waals surface area contributed by atoms with Crippen LogP contribution < -0.4 is 0 Å². The first-order valence-electron chi connectivity index (χ1n) is 9.12. The Kier molecular flexibility index (Phi) is 15.5. The lowest BCUT2D eigenvalue weighted by molar-refractivity contribution is -0.143. The van der Waals surface area contributed by atoms with Gasteiger partial charge in [-0.15, -0.1) is 0 Å². The van der Waals surface area contributed by atoms with Gasteiger partial charge in [-0.2, -0.15) is 0 Å². The highest BCUT2D eigenvalue weighted by Crippen LogP contribution is 2.08. The topological polar surface area (TPSA) is 26.3 Å². The number of carbonyl (C=O) groups is 1. The van der Waals surface area contributed by atoms with Crippen molar-refractivity contribution in [2.75, 3.05) is 6.61 Å². The molecule has 0 aromatic heterocycles. The second kappa shape index (κ2) is 16.3. The van der Waals surface area contributed by atoms with Crippen LogP contribution in [0.2, 0.25) is 0 Å². The number of hydrogen-bond donors (Lipinski definition) is 0. The molecule has 0 saturated heterocycles. The summed E-state index contributed by atoms with van der Waals surface area (Å²) in [5.74, 6) is 0.754. The quantitative estimate of drug-likeness (QED) is 0.216. The maximum absolute atomic E-state index is 11.1. The first kappa shape index (κ1) is 20.9. The summed E-state index contributed by atoms with van der Waals surface area (Å²) in [6.45, 7) is 6.89. The third-order valence-corrected chi connectivity index (χ3v) is 3.57. The van der Waals surface area contributed by atoms with Gasteiger partial charge in [0.05, 0.1) is 6.61 Å². The summed E-state index contributed by atoms with van der Waals surface area (Å²) in [6.07, 6.45) is 20.3. The second-order valence-corrected chi connectivity index (χ2v) is 6.26. The number of hydrogen-bond acceptors (Lipinski definition) is 2. The molecule has 0 aliphatic heterocycles. The van der Waals surface area contributed by atoms with Gasteiger partial charge < -0.3 is 4.74 Å². The number of allylic oxidation sites excluding steroid dienone is 4. The molecule has 22 heavy (non-hydrogen) atoms. The fourth-order valence-corrected chi connectivity index (χ4v) is 2.23. The van der Waals surface area contributed by atoms with Crippen molar-refractivity contribution in [1.29, 1.82) is 0 Å². The molecule has 128 valence electrons. The molecule has 0 aliphatic carbocycles. The van der Waals surface area contributed by atoms with E-state index in [2.05, 4.69) is 38.2 Å².